The van der Waals surface area contributed by atoms with Crippen LogP contribution in [0.5, 0.6) is 0 Å². The Morgan fingerprint density at radius 1 is 1.26 bits per heavy atom. The fraction of sp³-hybridized carbons (Fsp3) is 0.381. The zero-order valence-electron chi connectivity index (χ0n) is 21.5. The van der Waals surface area contributed by atoms with Crippen molar-refractivity contribution in [2.24, 2.45) is 13.0 Å². The molecule has 0 saturated heterocycles. The molecule has 176 valence electrons. The molecule has 1 saturated carbocycles. The highest BCUT2D eigenvalue weighted by Crippen LogP contribution is 2.46. The van der Waals surface area contributed by atoms with E-state index in [0.29, 0.717) is 17.2 Å². The molecule has 4 heterocycles. The van der Waals surface area contributed by atoms with Gasteiger partial charge in [0.15, 0.2) is 17.3 Å². The molecule has 0 bridgehead atoms. The van der Waals surface area contributed by atoms with Crippen LogP contribution in [0.1, 0.15) is 39.7 Å². The molecule has 3 aromatic rings. The van der Waals surface area contributed by atoms with Crippen molar-refractivity contribution in [1.82, 2.24) is 35.5 Å². The highest BCUT2D eigenvalue weighted by atomic mass is 19.1. The fourth-order valence-corrected chi connectivity index (χ4v) is 4.05. The molecule has 3 aromatic heterocycles. The molecule has 34 heavy (non-hydrogen) atoms. The van der Waals surface area contributed by atoms with Crippen molar-refractivity contribution < 1.29 is 18.1 Å². The van der Waals surface area contributed by atoms with Gasteiger partial charge in [-0.25, -0.2) is 14.1 Å². The average molecular weight is 469 g/mol. The number of fused-ring (bicyclic) bond motifs is 3. The van der Waals surface area contributed by atoms with E-state index in [0.717, 1.165) is 11.3 Å². The third kappa shape index (κ3) is 3.49. The number of pyridine rings is 1. The summed E-state index contributed by atoms with van der Waals surface area (Å²) < 4.78 is 37.1. The maximum Gasteiger partial charge on any atom is 0.273 e. The summed E-state index contributed by atoms with van der Waals surface area (Å²) in [5.74, 6) is -2.06. The molecule has 1 aliphatic heterocycles. The van der Waals surface area contributed by atoms with E-state index in [4.69, 9.17) is 4.11 Å². The summed E-state index contributed by atoms with van der Waals surface area (Å²) in [7, 11) is 3.68. The van der Waals surface area contributed by atoms with Gasteiger partial charge in [-0.15, -0.1) is 15.3 Å². The van der Waals surface area contributed by atoms with Gasteiger partial charge in [-0.05, 0) is 19.4 Å². The van der Waals surface area contributed by atoms with Gasteiger partial charge in [-0.3, -0.25) is 9.59 Å². The van der Waals surface area contributed by atoms with Gasteiger partial charge in [0.2, 0.25) is 5.91 Å². The first-order valence-corrected chi connectivity index (χ1v) is 10.5. The Balaban J connectivity index is 1.55. The molecule has 13 heteroatoms. The average Bonchev–Trinajstić information content (AvgIpc) is 3.43. The van der Waals surface area contributed by atoms with Crippen LogP contribution in [0.25, 0.3) is 11.3 Å². The molecular formula is C21H23FN10O2. The van der Waals surface area contributed by atoms with Crippen molar-refractivity contribution in [2.75, 3.05) is 29.6 Å². The number of anilines is 4. The van der Waals surface area contributed by atoms with Crippen LogP contribution in [0.4, 0.5) is 27.4 Å². The molecule has 0 radical (unpaired) electrons. The Morgan fingerprint density at radius 3 is 2.79 bits per heavy atom. The van der Waals surface area contributed by atoms with Gasteiger partial charge < -0.3 is 20.9 Å². The third-order valence-corrected chi connectivity index (χ3v) is 6.06. The molecular weight excluding hydrogens is 443 g/mol. The lowest BCUT2D eigenvalue weighted by molar-refractivity contribution is -0.117. The first-order valence-electron chi connectivity index (χ1n) is 12.0. The van der Waals surface area contributed by atoms with E-state index in [9.17, 15) is 14.0 Å². The summed E-state index contributed by atoms with van der Waals surface area (Å²) in [4.78, 5) is 31.4. The number of aryl methyl sites for hydroxylation is 1. The van der Waals surface area contributed by atoms with Crippen molar-refractivity contribution in [1.29, 1.82) is 0 Å². The summed E-state index contributed by atoms with van der Waals surface area (Å²) >= 11 is 0. The topological polar surface area (TPSA) is 143 Å². The van der Waals surface area contributed by atoms with Crippen LogP contribution in [0.15, 0.2) is 18.3 Å². The van der Waals surface area contributed by atoms with E-state index in [1.54, 1.807) is 16.9 Å². The van der Waals surface area contributed by atoms with E-state index >= 15 is 0 Å². The standard InChI is InChI=1S/C21H23FN10O2/c1-9-17-15(29-30-32(17)4)10-5-6-24-19(18(10)31(9)3)25-13-8-14(26-20(33)11-7-12(11)22)27-28-16(13)21(34)23-2/h5-6,8-9,11-12H,7H2,1-4H3,(H,23,34)(H2,24,25,26,27,33)/t9-,11+,12-/m1/s1/i2D3. The number of aromatic nitrogens is 6. The van der Waals surface area contributed by atoms with E-state index in [1.165, 1.54) is 6.07 Å². The second-order valence-corrected chi connectivity index (χ2v) is 8.21. The van der Waals surface area contributed by atoms with Crippen molar-refractivity contribution in [2.45, 2.75) is 25.6 Å². The van der Waals surface area contributed by atoms with E-state index in [2.05, 4.69) is 36.1 Å². The number of amides is 2. The number of nitrogens with zero attached hydrogens (tertiary/aromatic N) is 7. The number of rotatable bonds is 5. The lowest BCUT2D eigenvalue weighted by atomic mass is 9.98. The van der Waals surface area contributed by atoms with Gasteiger partial charge in [0.1, 0.15) is 11.9 Å². The van der Waals surface area contributed by atoms with E-state index < -0.39 is 30.9 Å². The Kier molecular flexibility index (Phi) is 4.31. The lowest BCUT2D eigenvalue weighted by Gasteiger charge is -2.34. The van der Waals surface area contributed by atoms with Gasteiger partial charge in [0.05, 0.1) is 29.0 Å². The Labute approximate surface area is 198 Å². The smallest absolute Gasteiger partial charge is 0.273 e. The van der Waals surface area contributed by atoms with Gasteiger partial charge in [0.25, 0.3) is 5.91 Å². The zero-order chi connectivity index (χ0) is 26.6. The van der Waals surface area contributed by atoms with Gasteiger partial charge >= 0.3 is 0 Å². The number of nitrogens with one attached hydrogen (secondary N) is 3. The lowest BCUT2D eigenvalue weighted by Crippen LogP contribution is -2.29. The molecule has 2 aliphatic rings. The van der Waals surface area contributed by atoms with Crippen LogP contribution < -0.4 is 20.9 Å². The third-order valence-electron chi connectivity index (χ3n) is 6.06. The predicted octanol–water partition coefficient (Wildman–Crippen LogP) is 1.58. The summed E-state index contributed by atoms with van der Waals surface area (Å²) in [6, 6.07) is 2.98. The molecule has 2 amide bonds. The summed E-state index contributed by atoms with van der Waals surface area (Å²) in [6.45, 7) is -0.790. The van der Waals surface area contributed by atoms with Gasteiger partial charge in [-0.1, -0.05) is 5.21 Å². The van der Waals surface area contributed by atoms with E-state index in [1.807, 2.05) is 31.2 Å². The highest BCUT2D eigenvalue weighted by molar-refractivity contribution is 6.00. The minimum Gasteiger partial charge on any atom is -0.363 e. The summed E-state index contributed by atoms with van der Waals surface area (Å²) in [5.41, 5.74) is 2.69. The van der Waals surface area contributed by atoms with Crippen molar-refractivity contribution in [3.05, 3.63) is 29.7 Å². The molecule has 1 fully saturated rings. The number of hydrogen-bond donors (Lipinski definition) is 3. The molecule has 5 rings (SSSR count). The van der Waals surface area contributed by atoms with Crippen LogP contribution in [0.3, 0.4) is 0 Å². The fourth-order valence-electron chi connectivity index (χ4n) is 4.05. The molecule has 0 unspecified atom stereocenters. The summed E-state index contributed by atoms with van der Waals surface area (Å²) in [6.07, 6.45) is 0.467. The Bertz CT molecular complexity index is 1410. The molecule has 0 spiro atoms. The minimum absolute atomic E-state index is 0.0338. The highest BCUT2D eigenvalue weighted by Gasteiger charge is 2.44. The first-order chi connectivity index (χ1) is 17.4. The number of hydrogen-bond acceptors (Lipinski definition) is 9. The summed E-state index contributed by atoms with van der Waals surface area (Å²) in [5, 5.41) is 23.5. The van der Waals surface area contributed by atoms with Crippen LogP contribution >= 0.6 is 0 Å². The Hall–Kier alpha value is -4.16. The molecule has 3 N–H and O–H groups in total. The zero-order valence-corrected chi connectivity index (χ0v) is 18.5. The first kappa shape index (κ1) is 18.3. The maximum absolute atomic E-state index is 13.3. The number of carbonyl (C=O) groups is 2. The van der Waals surface area contributed by atoms with Crippen LogP contribution in [-0.2, 0) is 11.8 Å². The van der Waals surface area contributed by atoms with Crippen LogP contribution in [0.2, 0.25) is 0 Å². The second-order valence-electron chi connectivity index (χ2n) is 8.21. The monoisotopic (exact) mass is 469 g/mol. The van der Waals surface area contributed by atoms with Crippen molar-refractivity contribution >= 4 is 34.8 Å². The number of alkyl halides is 1. The quantitative estimate of drug-likeness (QED) is 0.507. The largest absolute Gasteiger partial charge is 0.363 e. The second kappa shape index (κ2) is 8.01. The normalized spacial score (nSPS) is 21.9. The molecule has 12 nitrogen and oxygen atoms in total. The minimum atomic E-state index is -2.77. The van der Waals surface area contributed by atoms with Crippen LogP contribution in [0, 0.1) is 5.92 Å². The van der Waals surface area contributed by atoms with Crippen molar-refractivity contribution in [3.8, 4) is 11.3 Å². The number of carbonyl (C=O) groups excluding carboxylic acids is 2. The van der Waals surface area contributed by atoms with Crippen LogP contribution in [-0.4, -0.2) is 62.2 Å². The van der Waals surface area contributed by atoms with Crippen molar-refractivity contribution in [3.63, 3.8) is 0 Å². The SMILES string of the molecule is [2H]C([2H])([2H])NC(=O)c1nnc(NC(=O)[C@H]2C[C@H]2F)cc1Nc1nccc2c1N(C)[C@H](C)c1c-2nnn1C. The predicted molar refractivity (Wildman–Crippen MR) is 121 cm³/mol. The molecule has 0 aromatic carbocycles. The molecule has 1 aliphatic carbocycles. The Morgan fingerprint density at radius 2 is 2.06 bits per heavy atom. The van der Waals surface area contributed by atoms with E-state index in [-0.39, 0.29) is 29.7 Å². The maximum atomic E-state index is 13.3. The van der Waals surface area contributed by atoms with Gasteiger partial charge in [-0.2, -0.15) is 0 Å². The molecule has 3 atom stereocenters. The number of halogens is 1. The van der Waals surface area contributed by atoms with Gasteiger partial charge in [0, 0.05) is 43.0 Å².